The van der Waals surface area contributed by atoms with Crippen LogP contribution in [0.15, 0.2) is 28.8 Å². The van der Waals surface area contributed by atoms with E-state index in [0.29, 0.717) is 15.8 Å². The number of halogens is 2. The Labute approximate surface area is 136 Å². The lowest BCUT2D eigenvalue weighted by atomic mass is 10.2. The number of carbonyl (C=O) groups is 2. The lowest BCUT2D eigenvalue weighted by Gasteiger charge is -2.07. The first-order valence-electron chi connectivity index (χ1n) is 6.42. The van der Waals surface area contributed by atoms with Crippen molar-refractivity contribution >= 4 is 35.0 Å². The highest BCUT2D eigenvalue weighted by atomic mass is 35.5. The summed E-state index contributed by atoms with van der Waals surface area (Å²) in [6.07, 6.45) is 0. The Bertz CT molecular complexity index is 700. The molecule has 22 heavy (non-hydrogen) atoms. The van der Waals surface area contributed by atoms with Gasteiger partial charge >= 0.3 is 0 Å². The van der Waals surface area contributed by atoms with Crippen molar-refractivity contribution in [1.82, 2.24) is 15.8 Å². The number of amides is 2. The van der Waals surface area contributed by atoms with E-state index >= 15 is 0 Å². The molecule has 2 aromatic rings. The van der Waals surface area contributed by atoms with E-state index in [2.05, 4.69) is 15.8 Å². The molecule has 1 heterocycles. The second-order valence-electron chi connectivity index (χ2n) is 4.46. The summed E-state index contributed by atoms with van der Waals surface area (Å²) in [6, 6.07) is 6.16. The molecule has 0 bridgehead atoms. The number of nitrogens with one attached hydrogen (secondary N) is 2. The van der Waals surface area contributed by atoms with Crippen molar-refractivity contribution in [3.63, 3.8) is 0 Å². The van der Waals surface area contributed by atoms with Gasteiger partial charge in [-0.25, -0.2) is 0 Å². The Morgan fingerprint density at radius 1 is 1.14 bits per heavy atom. The summed E-state index contributed by atoms with van der Waals surface area (Å²) in [4.78, 5) is 23.6. The summed E-state index contributed by atoms with van der Waals surface area (Å²) in [6.45, 7) is 2.18. The third-order valence-corrected chi connectivity index (χ3v) is 3.29. The van der Waals surface area contributed by atoms with Crippen LogP contribution in [0.5, 0.6) is 0 Å². The summed E-state index contributed by atoms with van der Waals surface area (Å²) >= 11 is 11.8. The van der Waals surface area contributed by atoms with Gasteiger partial charge in [-0.3, -0.25) is 9.59 Å². The minimum atomic E-state index is -0.369. The normalized spacial score (nSPS) is 10.3. The molecule has 1 aromatic carbocycles. The van der Waals surface area contributed by atoms with E-state index in [1.54, 1.807) is 19.1 Å². The van der Waals surface area contributed by atoms with Crippen molar-refractivity contribution in [3.05, 3.63) is 51.3 Å². The van der Waals surface area contributed by atoms with Gasteiger partial charge < -0.3 is 15.2 Å². The molecule has 0 aliphatic rings. The molecule has 0 fully saturated rings. The van der Waals surface area contributed by atoms with Crippen LogP contribution in [0, 0.1) is 6.92 Å². The molecule has 0 aliphatic carbocycles. The molecule has 116 valence electrons. The average Bonchev–Trinajstić information content (AvgIpc) is 2.92. The van der Waals surface area contributed by atoms with Crippen molar-refractivity contribution in [2.45, 2.75) is 6.92 Å². The van der Waals surface area contributed by atoms with Gasteiger partial charge in [0.05, 0.1) is 10.6 Å². The van der Waals surface area contributed by atoms with Crippen molar-refractivity contribution in [2.75, 3.05) is 13.1 Å². The Balaban J connectivity index is 1.80. The summed E-state index contributed by atoms with van der Waals surface area (Å²) in [7, 11) is 0. The summed E-state index contributed by atoms with van der Waals surface area (Å²) in [5, 5.41) is 9.57. The van der Waals surface area contributed by atoms with Crippen LogP contribution in [-0.4, -0.2) is 30.1 Å². The van der Waals surface area contributed by atoms with E-state index in [-0.39, 0.29) is 36.2 Å². The second kappa shape index (κ2) is 7.29. The zero-order chi connectivity index (χ0) is 16.1. The maximum absolute atomic E-state index is 11.9. The van der Waals surface area contributed by atoms with Gasteiger partial charge in [-0.2, -0.15) is 0 Å². The van der Waals surface area contributed by atoms with Crippen molar-refractivity contribution < 1.29 is 14.1 Å². The Morgan fingerprint density at radius 3 is 2.45 bits per heavy atom. The van der Waals surface area contributed by atoms with Crippen LogP contribution in [0.25, 0.3) is 0 Å². The number of nitrogens with zero attached hydrogens (tertiary/aromatic N) is 1. The van der Waals surface area contributed by atoms with E-state index in [1.807, 2.05) is 0 Å². The van der Waals surface area contributed by atoms with Crippen LogP contribution in [0.2, 0.25) is 10.0 Å². The maximum Gasteiger partial charge on any atom is 0.273 e. The number of aromatic nitrogens is 1. The number of hydrogen-bond donors (Lipinski definition) is 2. The van der Waals surface area contributed by atoms with E-state index < -0.39 is 0 Å². The molecule has 1 aromatic heterocycles. The van der Waals surface area contributed by atoms with Crippen molar-refractivity contribution in [2.24, 2.45) is 0 Å². The molecule has 0 saturated carbocycles. The highest BCUT2D eigenvalue weighted by molar-refractivity contribution is 6.35. The van der Waals surface area contributed by atoms with Gasteiger partial charge in [0.15, 0.2) is 5.69 Å². The van der Waals surface area contributed by atoms with Crippen LogP contribution in [0.3, 0.4) is 0 Å². The van der Waals surface area contributed by atoms with Gasteiger partial charge in [-0.15, -0.1) is 0 Å². The van der Waals surface area contributed by atoms with Gasteiger partial charge in [0, 0.05) is 24.2 Å². The lowest BCUT2D eigenvalue weighted by Crippen LogP contribution is -2.34. The molecule has 0 spiro atoms. The first-order valence-corrected chi connectivity index (χ1v) is 7.17. The monoisotopic (exact) mass is 341 g/mol. The molecule has 0 atom stereocenters. The van der Waals surface area contributed by atoms with E-state index in [9.17, 15) is 9.59 Å². The fourth-order valence-corrected chi connectivity index (χ4v) is 2.06. The number of hydrogen-bond acceptors (Lipinski definition) is 4. The number of benzene rings is 1. The fourth-order valence-electron chi connectivity index (χ4n) is 1.68. The molecule has 2 rings (SSSR count). The lowest BCUT2D eigenvalue weighted by molar-refractivity contribution is 0.0922. The van der Waals surface area contributed by atoms with E-state index in [0.717, 1.165) is 0 Å². The summed E-state index contributed by atoms with van der Waals surface area (Å²) in [5.41, 5.74) is 0.481. The third kappa shape index (κ3) is 4.22. The Hall–Kier alpha value is -2.05. The number of carbonyl (C=O) groups excluding carboxylic acids is 2. The SMILES string of the molecule is Cc1cc(C(=O)NCCNC(=O)c2cc(Cl)ccc2Cl)no1. The highest BCUT2D eigenvalue weighted by Gasteiger charge is 2.12. The first-order chi connectivity index (χ1) is 10.5. The molecule has 8 heteroatoms. The molecule has 2 amide bonds. The quantitative estimate of drug-likeness (QED) is 0.818. The van der Waals surface area contributed by atoms with Gasteiger partial charge in [0.1, 0.15) is 5.76 Å². The molecule has 0 aliphatic heterocycles. The Morgan fingerprint density at radius 2 is 1.82 bits per heavy atom. The standard InChI is InChI=1S/C14H13Cl2N3O3/c1-8-6-12(19-22-8)14(21)18-5-4-17-13(20)10-7-9(15)2-3-11(10)16/h2-3,6-7H,4-5H2,1H3,(H,17,20)(H,18,21). The topological polar surface area (TPSA) is 84.2 Å². The van der Waals surface area contributed by atoms with Crippen molar-refractivity contribution in [3.8, 4) is 0 Å². The number of aryl methyl sites for hydroxylation is 1. The van der Waals surface area contributed by atoms with Gasteiger partial charge in [0.25, 0.3) is 11.8 Å². The molecule has 6 nitrogen and oxygen atoms in total. The summed E-state index contributed by atoms with van der Waals surface area (Å²) < 4.78 is 4.80. The van der Waals surface area contributed by atoms with Crippen LogP contribution in [0.4, 0.5) is 0 Å². The summed E-state index contributed by atoms with van der Waals surface area (Å²) in [5.74, 6) is -0.181. The molecular weight excluding hydrogens is 329 g/mol. The zero-order valence-electron chi connectivity index (χ0n) is 11.7. The molecular formula is C14H13Cl2N3O3. The average molecular weight is 342 g/mol. The maximum atomic E-state index is 11.9. The van der Waals surface area contributed by atoms with Crippen LogP contribution >= 0.6 is 23.2 Å². The Kier molecular flexibility index (Phi) is 5.41. The van der Waals surface area contributed by atoms with Gasteiger partial charge in [-0.05, 0) is 25.1 Å². The highest BCUT2D eigenvalue weighted by Crippen LogP contribution is 2.20. The fraction of sp³-hybridized carbons (Fsp3) is 0.214. The van der Waals surface area contributed by atoms with Crippen molar-refractivity contribution in [1.29, 1.82) is 0 Å². The van der Waals surface area contributed by atoms with Crippen LogP contribution in [-0.2, 0) is 0 Å². The van der Waals surface area contributed by atoms with E-state index in [4.69, 9.17) is 27.7 Å². The van der Waals surface area contributed by atoms with Gasteiger partial charge in [0.2, 0.25) is 0 Å². The predicted molar refractivity (Wildman–Crippen MR) is 82.4 cm³/mol. The second-order valence-corrected chi connectivity index (χ2v) is 5.30. The largest absolute Gasteiger partial charge is 0.361 e. The predicted octanol–water partition coefficient (Wildman–Crippen LogP) is 2.45. The van der Waals surface area contributed by atoms with Crippen LogP contribution < -0.4 is 10.6 Å². The van der Waals surface area contributed by atoms with Crippen LogP contribution in [0.1, 0.15) is 26.6 Å². The zero-order valence-corrected chi connectivity index (χ0v) is 13.2. The van der Waals surface area contributed by atoms with Gasteiger partial charge in [-0.1, -0.05) is 28.4 Å². The third-order valence-electron chi connectivity index (χ3n) is 2.73. The smallest absolute Gasteiger partial charge is 0.273 e. The number of rotatable bonds is 5. The molecule has 2 N–H and O–H groups in total. The minimum Gasteiger partial charge on any atom is -0.361 e. The minimum absolute atomic E-state index is 0.196. The molecule has 0 unspecified atom stereocenters. The molecule has 0 saturated heterocycles. The first kappa shape index (κ1) is 16.3. The molecule has 0 radical (unpaired) electrons. The van der Waals surface area contributed by atoms with E-state index in [1.165, 1.54) is 12.1 Å².